The fraction of sp³-hybridized carbons (Fsp3) is 0.136. The molecule has 4 nitrogen and oxygen atoms in total. The van der Waals surface area contributed by atoms with Gasteiger partial charge in [-0.05, 0) is 28.8 Å². The van der Waals surface area contributed by atoms with Crippen molar-refractivity contribution in [1.29, 1.82) is 0 Å². The molecule has 0 atom stereocenters. The molecule has 0 bridgehead atoms. The van der Waals surface area contributed by atoms with Gasteiger partial charge in [0.25, 0.3) is 0 Å². The Hall–Kier alpha value is -2.54. The van der Waals surface area contributed by atoms with Crippen LogP contribution in [0.2, 0.25) is 19.6 Å². The van der Waals surface area contributed by atoms with Gasteiger partial charge in [-0.15, -0.1) is 12.1 Å². The number of halogens is 2. The minimum absolute atomic E-state index is 0. The predicted molar refractivity (Wildman–Crippen MR) is 112 cm³/mol. The topological polar surface area (TPSA) is 52.8 Å². The summed E-state index contributed by atoms with van der Waals surface area (Å²) in [6.45, 7) is 6.65. The van der Waals surface area contributed by atoms with Gasteiger partial charge in [0.2, 0.25) is 0 Å². The molecule has 0 aliphatic heterocycles. The van der Waals surface area contributed by atoms with Crippen LogP contribution in [0, 0.1) is 17.7 Å². The van der Waals surface area contributed by atoms with E-state index in [0.717, 1.165) is 17.8 Å². The molecule has 157 valence electrons. The van der Waals surface area contributed by atoms with Gasteiger partial charge in [0, 0.05) is 44.1 Å². The predicted octanol–water partition coefficient (Wildman–Crippen LogP) is 4.47. The van der Waals surface area contributed by atoms with Gasteiger partial charge in [-0.1, -0.05) is 61.9 Å². The van der Waals surface area contributed by atoms with Crippen molar-refractivity contribution in [3.63, 3.8) is 0 Å². The van der Waals surface area contributed by atoms with Gasteiger partial charge in [-0.2, -0.15) is 0 Å². The molecule has 1 aromatic carbocycles. The molecular formula is C22H20F2IrN4Si-2. The molecule has 0 saturated carbocycles. The number of hydrogen-bond donors (Lipinski definition) is 0. The summed E-state index contributed by atoms with van der Waals surface area (Å²) >= 11 is 0. The molecular weight excluding hydrogens is 579 g/mol. The number of imidazole rings is 1. The molecule has 0 fully saturated rings. The zero-order valence-electron chi connectivity index (χ0n) is 16.7. The first-order chi connectivity index (χ1) is 13.8. The van der Waals surface area contributed by atoms with E-state index in [2.05, 4.69) is 45.6 Å². The largest absolute Gasteiger partial charge is 0.441 e. The van der Waals surface area contributed by atoms with Crippen molar-refractivity contribution in [3.05, 3.63) is 85.0 Å². The Bertz CT molecular complexity index is 1050. The number of hydrogen-bond acceptors (Lipinski definition) is 3. The zero-order valence-corrected chi connectivity index (χ0v) is 20.1. The Morgan fingerprint density at radius 1 is 0.933 bits per heavy atom. The third-order valence-electron chi connectivity index (χ3n) is 4.10. The van der Waals surface area contributed by atoms with E-state index in [1.54, 1.807) is 30.9 Å². The summed E-state index contributed by atoms with van der Waals surface area (Å²) in [6.07, 6.45) is 6.82. The van der Waals surface area contributed by atoms with Crippen LogP contribution in [0.5, 0.6) is 0 Å². The average Bonchev–Trinajstić information content (AvgIpc) is 3.24. The summed E-state index contributed by atoms with van der Waals surface area (Å²) in [6, 6.07) is 13.9. The van der Waals surface area contributed by atoms with E-state index in [9.17, 15) is 8.78 Å². The van der Waals surface area contributed by atoms with Gasteiger partial charge in [0.15, 0.2) is 0 Å². The number of nitrogens with zero attached hydrogens (tertiary/aromatic N) is 4. The van der Waals surface area contributed by atoms with Crippen LogP contribution < -0.4 is 10.2 Å². The molecule has 0 saturated heterocycles. The maximum absolute atomic E-state index is 13.6. The summed E-state index contributed by atoms with van der Waals surface area (Å²) in [4.78, 5) is 16.4. The van der Waals surface area contributed by atoms with Crippen LogP contribution in [0.4, 0.5) is 8.78 Å². The van der Waals surface area contributed by atoms with Gasteiger partial charge >= 0.3 is 0 Å². The standard InChI is InChI=1S/C14H14F2NSi.C8H6N3.Ir/c1-18(2,3)11-5-7-14(17-9-11)12-6-4-10(15)8-13(12)16;1-2-4-9-7(3-1)8-10-5-6-11-8;/h4-5,7-9H,1-3H3;1-6H;/q2*-1;. The molecule has 0 N–H and O–H groups in total. The van der Waals surface area contributed by atoms with E-state index in [4.69, 9.17) is 0 Å². The molecule has 1 radical (unpaired) electrons. The second-order valence-electron chi connectivity index (χ2n) is 7.32. The number of rotatable bonds is 3. The maximum Gasteiger partial charge on any atom is 0.0795 e. The van der Waals surface area contributed by atoms with Crippen molar-refractivity contribution in [2.75, 3.05) is 0 Å². The Morgan fingerprint density at radius 3 is 2.27 bits per heavy atom. The van der Waals surface area contributed by atoms with Gasteiger partial charge in [-0.3, -0.25) is 13.8 Å². The van der Waals surface area contributed by atoms with Gasteiger partial charge < -0.3 is 15.0 Å². The maximum atomic E-state index is 13.6. The number of pyridine rings is 2. The minimum Gasteiger partial charge on any atom is -0.441 e. The van der Waals surface area contributed by atoms with E-state index in [1.165, 1.54) is 5.19 Å². The second-order valence-corrected chi connectivity index (χ2v) is 12.4. The van der Waals surface area contributed by atoms with E-state index in [1.807, 2.05) is 24.3 Å². The average molecular weight is 599 g/mol. The van der Waals surface area contributed by atoms with E-state index in [-0.39, 0.29) is 25.7 Å². The Kier molecular flexibility index (Phi) is 8.29. The fourth-order valence-corrected chi connectivity index (χ4v) is 3.53. The van der Waals surface area contributed by atoms with Crippen molar-refractivity contribution in [2.45, 2.75) is 19.6 Å². The molecule has 0 amide bonds. The van der Waals surface area contributed by atoms with Crippen molar-refractivity contribution >= 4 is 13.3 Å². The van der Waals surface area contributed by atoms with Gasteiger partial charge in [-0.25, -0.2) is 0 Å². The van der Waals surface area contributed by atoms with E-state index in [0.29, 0.717) is 11.5 Å². The second kappa shape index (κ2) is 10.5. The zero-order chi connectivity index (χ0) is 20.9. The summed E-state index contributed by atoms with van der Waals surface area (Å²) in [5, 5.41) is 1.20. The van der Waals surface area contributed by atoms with Gasteiger partial charge in [0.05, 0.1) is 13.8 Å². The Balaban J connectivity index is 0.000000229. The van der Waals surface area contributed by atoms with Crippen molar-refractivity contribution < 1.29 is 28.9 Å². The van der Waals surface area contributed by atoms with Crippen LogP contribution >= 0.6 is 0 Å². The first kappa shape index (κ1) is 23.7. The molecule has 0 spiro atoms. The molecule has 0 aliphatic carbocycles. The first-order valence-electron chi connectivity index (χ1n) is 9.03. The molecule has 30 heavy (non-hydrogen) atoms. The van der Waals surface area contributed by atoms with Crippen molar-refractivity contribution in [2.24, 2.45) is 0 Å². The first-order valence-corrected chi connectivity index (χ1v) is 12.5. The minimum atomic E-state index is -1.41. The van der Waals surface area contributed by atoms with E-state index < -0.39 is 19.7 Å². The van der Waals surface area contributed by atoms with E-state index >= 15 is 0 Å². The molecule has 3 heterocycles. The SMILES string of the molecule is C[Si](C)(C)c1ccc(-c2[c-]cc(F)cc2F)nc1.[Ir].c1ccc(-c2ncc[n-]2)nc1. The molecule has 8 heteroatoms. The summed E-state index contributed by atoms with van der Waals surface area (Å²) < 4.78 is 26.4. The number of benzene rings is 1. The molecule has 4 aromatic rings. The fourth-order valence-electron chi connectivity index (χ4n) is 2.50. The van der Waals surface area contributed by atoms with Crippen molar-refractivity contribution in [1.82, 2.24) is 19.9 Å². The summed E-state index contributed by atoms with van der Waals surface area (Å²) in [5.74, 6) is -0.580. The van der Waals surface area contributed by atoms with Crippen LogP contribution in [0.25, 0.3) is 22.8 Å². The third-order valence-corrected chi connectivity index (χ3v) is 6.13. The number of aromatic nitrogens is 4. The molecule has 0 aliphatic rings. The van der Waals surface area contributed by atoms with Crippen LogP contribution in [0.1, 0.15) is 0 Å². The molecule has 0 unspecified atom stereocenters. The summed E-state index contributed by atoms with van der Waals surface area (Å²) in [5.41, 5.74) is 1.51. The monoisotopic (exact) mass is 599 g/mol. The van der Waals surface area contributed by atoms with Crippen LogP contribution in [-0.2, 0) is 20.1 Å². The third kappa shape index (κ3) is 6.22. The smallest absolute Gasteiger partial charge is 0.0795 e. The van der Waals surface area contributed by atoms with Gasteiger partial charge in [0.1, 0.15) is 0 Å². The summed E-state index contributed by atoms with van der Waals surface area (Å²) in [7, 11) is -1.41. The Labute approximate surface area is 189 Å². The normalized spacial score (nSPS) is 10.6. The molecule has 4 rings (SSSR count). The van der Waals surface area contributed by atoms with Crippen molar-refractivity contribution in [3.8, 4) is 22.8 Å². The van der Waals surface area contributed by atoms with Crippen LogP contribution in [-0.4, -0.2) is 23.0 Å². The van der Waals surface area contributed by atoms with Crippen LogP contribution in [0.3, 0.4) is 0 Å². The molecule has 3 aromatic heterocycles. The quantitative estimate of drug-likeness (QED) is 0.258. The van der Waals surface area contributed by atoms with Crippen LogP contribution in [0.15, 0.2) is 67.3 Å². The Morgan fingerprint density at radius 2 is 1.73 bits per heavy atom.